The molecule has 2 heterocycles. The molecule has 0 aliphatic carbocycles. The fourth-order valence-electron chi connectivity index (χ4n) is 1.75. The topological polar surface area (TPSA) is 76.4 Å². The number of fused-ring (bicyclic) bond motifs is 1. The zero-order chi connectivity index (χ0) is 12.6. The van der Waals surface area contributed by atoms with Crippen LogP contribution in [0, 0.1) is 0 Å². The lowest BCUT2D eigenvalue weighted by Crippen LogP contribution is -2.17. The lowest BCUT2D eigenvalue weighted by atomic mass is 9.96. The molecule has 5 heteroatoms. The highest BCUT2D eigenvalue weighted by Crippen LogP contribution is 2.22. The van der Waals surface area contributed by atoms with E-state index in [2.05, 4.69) is 31.0 Å². The first kappa shape index (κ1) is 12.0. The van der Waals surface area contributed by atoms with Crippen LogP contribution in [0.4, 0.5) is 0 Å². The molecule has 2 rings (SSSR count). The van der Waals surface area contributed by atoms with E-state index in [1.807, 2.05) is 22.7 Å². The van der Waals surface area contributed by atoms with Gasteiger partial charge in [0.05, 0.1) is 12.6 Å². The van der Waals surface area contributed by atoms with E-state index in [1.165, 1.54) is 0 Å². The fourth-order valence-corrected chi connectivity index (χ4v) is 1.75. The Morgan fingerprint density at radius 3 is 2.71 bits per heavy atom. The number of aliphatic hydroxyl groups excluding tert-OH is 1. The van der Waals surface area contributed by atoms with Crippen molar-refractivity contribution in [2.24, 2.45) is 5.73 Å². The number of nitrogens with two attached hydrogens (primary N) is 1. The third-order valence-corrected chi connectivity index (χ3v) is 2.73. The zero-order valence-corrected chi connectivity index (χ0v) is 10.4. The summed E-state index contributed by atoms with van der Waals surface area (Å²) in [7, 11) is 0. The summed E-state index contributed by atoms with van der Waals surface area (Å²) in [6, 6.07) is 3.39. The van der Waals surface area contributed by atoms with Gasteiger partial charge in [0.25, 0.3) is 0 Å². The van der Waals surface area contributed by atoms with E-state index < -0.39 is 0 Å². The Labute approximate surface area is 100 Å². The van der Waals surface area contributed by atoms with Crippen LogP contribution >= 0.6 is 0 Å². The normalized spacial score (nSPS) is 14.2. The van der Waals surface area contributed by atoms with Crippen LogP contribution in [0.15, 0.2) is 18.3 Å². The molecule has 0 amide bonds. The van der Waals surface area contributed by atoms with Crippen LogP contribution in [0.3, 0.4) is 0 Å². The van der Waals surface area contributed by atoms with E-state index in [4.69, 9.17) is 10.8 Å². The minimum atomic E-state index is -0.366. The summed E-state index contributed by atoms with van der Waals surface area (Å²) in [5, 5.41) is 17.4. The van der Waals surface area contributed by atoms with Crippen molar-refractivity contribution < 1.29 is 5.11 Å². The van der Waals surface area contributed by atoms with Crippen molar-refractivity contribution in [1.29, 1.82) is 0 Å². The van der Waals surface area contributed by atoms with E-state index in [9.17, 15) is 0 Å². The van der Waals surface area contributed by atoms with Crippen molar-refractivity contribution in [3.8, 4) is 0 Å². The standard InChI is InChI=1S/C12H18N4O/c1-12(2,3)11-15-14-10-6-8(9(13)7-17)4-5-16(10)11/h4-6,9,17H,7,13H2,1-3H3. The van der Waals surface area contributed by atoms with E-state index in [0.29, 0.717) is 0 Å². The third kappa shape index (κ3) is 2.16. The maximum absolute atomic E-state index is 9.03. The molecule has 0 fully saturated rings. The number of aliphatic hydroxyl groups is 1. The average Bonchev–Trinajstić information content (AvgIpc) is 2.70. The summed E-state index contributed by atoms with van der Waals surface area (Å²) in [5.74, 6) is 0.914. The molecule has 3 N–H and O–H groups in total. The van der Waals surface area contributed by atoms with Crippen LogP contribution in [0.2, 0.25) is 0 Å². The molecule has 0 aliphatic rings. The summed E-state index contributed by atoms with van der Waals surface area (Å²) in [5.41, 5.74) is 7.34. The van der Waals surface area contributed by atoms with Crippen LogP contribution in [-0.4, -0.2) is 26.3 Å². The van der Waals surface area contributed by atoms with Crippen LogP contribution in [0.25, 0.3) is 5.65 Å². The number of pyridine rings is 1. The first-order valence-electron chi connectivity index (χ1n) is 5.65. The Kier molecular flexibility index (Phi) is 2.89. The predicted octanol–water partition coefficient (Wildman–Crippen LogP) is 1.02. The Morgan fingerprint density at radius 2 is 2.12 bits per heavy atom. The van der Waals surface area contributed by atoms with Crippen LogP contribution in [-0.2, 0) is 5.41 Å². The predicted molar refractivity (Wildman–Crippen MR) is 65.7 cm³/mol. The highest BCUT2D eigenvalue weighted by Gasteiger charge is 2.21. The highest BCUT2D eigenvalue weighted by molar-refractivity contribution is 5.43. The Hall–Kier alpha value is -1.46. The molecule has 17 heavy (non-hydrogen) atoms. The Bertz CT molecular complexity index is 527. The molecular formula is C12H18N4O. The lowest BCUT2D eigenvalue weighted by Gasteiger charge is -2.16. The Balaban J connectivity index is 2.52. The molecule has 0 radical (unpaired) electrons. The van der Waals surface area contributed by atoms with Crippen molar-refractivity contribution in [2.75, 3.05) is 6.61 Å². The van der Waals surface area contributed by atoms with E-state index in [0.717, 1.165) is 17.0 Å². The summed E-state index contributed by atoms with van der Waals surface area (Å²) in [6.45, 7) is 6.21. The summed E-state index contributed by atoms with van der Waals surface area (Å²) < 4.78 is 1.95. The van der Waals surface area contributed by atoms with Gasteiger partial charge >= 0.3 is 0 Å². The molecule has 1 atom stereocenters. The first-order chi connectivity index (χ1) is 7.93. The maximum Gasteiger partial charge on any atom is 0.161 e. The van der Waals surface area contributed by atoms with Gasteiger partial charge in [-0.15, -0.1) is 10.2 Å². The second-order valence-corrected chi connectivity index (χ2v) is 5.25. The minimum absolute atomic E-state index is 0.0555. The molecule has 0 aromatic carbocycles. The number of nitrogens with zero attached hydrogens (tertiary/aromatic N) is 3. The smallest absolute Gasteiger partial charge is 0.161 e. The summed E-state index contributed by atoms with van der Waals surface area (Å²) >= 11 is 0. The van der Waals surface area contributed by atoms with Gasteiger partial charge in [0.2, 0.25) is 0 Å². The zero-order valence-electron chi connectivity index (χ0n) is 10.4. The number of hydrogen-bond acceptors (Lipinski definition) is 4. The van der Waals surface area contributed by atoms with Crippen LogP contribution in [0.5, 0.6) is 0 Å². The van der Waals surface area contributed by atoms with Crippen molar-refractivity contribution >= 4 is 5.65 Å². The fraction of sp³-hybridized carbons (Fsp3) is 0.500. The van der Waals surface area contributed by atoms with Gasteiger partial charge in [0.1, 0.15) is 5.82 Å². The monoisotopic (exact) mass is 234 g/mol. The van der Waals surface area contributed by atoms with E-state index in [-0.39, 0.29) is 18.1 Å². The van der Waals surface area contributed by atoms with Crippen molar-refractivity contribution in [3.63, 3.8) is 0 Å². The number of hydrogen-bond donors (Lipinski definition) is 2. The molecule has 0 saturated carbocycles. The molecule has 0 saturated heterocycles. The minimum Gasteiger partial charge on any atom is -0.394 e. The van der Waals surface area contributed by atoms with Gasteiger partial charge in [-0.2, -0.15) is 0 Å². The van der Waals surface area contributed by atoms with Gasteiger partial charge in [-0.05, 0) is 17.7 Å². The van der Waals surface area contributed by atoms with Crippen LogP contribution in [0.1, 0.15) is 38.2 Å². The molecule has 0 aliphatic heterocycles. The molecule has 1 unspecified atom stereocenters. The summed E-state index contributed by atoms with van der Waals surface area (Å²) in [6.07, 6.45) is 1.90. The second-order valence-electron chi connectivity index (χ2n) is 5.25. The van der Waals surface area contributed by atoms with Crippen molar-refractivity contribution in [2.45, 2.75) is 32.2 Å². The van der Waals surface area contributed by atoms with E-state index >= 15 is 0 Å². The van der Waals surface area contributed by atoms with Gasteiger partial charge in [-0.1, -0.05) is 20.8 Å². The van der Waals surface area contributed by atoms with Gasteiger partial charge in [0, 0.05) is 11.6 Å². The highest BCUT2D eigenvalue weighted by atomic mass is 16.3. The van der Waals surface area contributed by atoms with Gasteiger partial charge in [-0.3, -0.25) is 4.40 Å². The largest absolute Gasteiger partial charge is 0.394 e. The SMILES string of the molecule is CC(C)(C)c1nnc2cc(C(N)CO)ccn12. The quantitative estimate of drug-likeness (QED) is 0.813. The molecule has 0 bridgehead atoms. The summed E-state index contributed by atoms with van der Waals surface area (Å²) in [4.78, 5) is 0. The van der Waals surface area contributed by atoms with Gasteiger partial charge in [0.15, 0.2) is 5.65 Å². The second kappa shape index (κ2) is 4.09. The molecule has 5 nitrogen and oxygen atoms in total. The lowest BCUT2D eigenvalue weighted by molar-refractivity contribution is 0.268. The number of aromatic nitrogens is 3. The first-order valence-corrected chi connectivity index (χ1v) is 5.65. The third-order valence-electron chi connectivity index (χ3n) is 2.73. The molecule has 2 aromatic heterocycles. The van der Waals surface area contributed by atoms with Gasteiger partial charge < -0.3 is 10.8 Å². The van der Waals surface area contributed by atoms with Crippen molar-refractivity contribution in [1.82, 2.24) is 14.6 Å². The van der Waals surface area contributed by atoms with Gasteiger partial charge in [-0.25, -0.2) is 0 Å². The van der Waals surface area contributed by atoms with E-state index in [1.54, 1.807) is 0 Å². The molecule has 92 valence electrons. The van der Waals surface area contributed by atoms with Crippen LogP contribution < -0.4 is 5.73 Å². The molecule has 2 aromatic rings. The van der Waals surface area contributed by atoms with Crippen molar-refractivity contribution in [3.05, 3.63) is 29.7 Å². The molecule has 0 spiro atoms. The number of rotatable bonds is 2. The average molecular weight is 234 g/mol. The maximum atomic E-state index is 9.03. The molecular weight excluding hydrogens is 216 g/mol. The Morgan fingerprint density at radius 1 is 1.41 bits per heavy atom.